The normalized spacial score (nSPS) is 23.9. The number of anilines is 1. The van der Waals surface area contributed by atoms with E-state index in [0.29, 0.717) is 23.7 Å². The Balaban J connectivity index is 2.15. The average Bonchev–Trinajstić information content (AvgIpc) is 2.40. The van der Waals surface area contributed by atoms with Crippen LogP contribution in [0.1, 0.15) is 51.5 Å². The van der Waals surface area contributed by atoms with E-state index in [0.717, 1.165) is 18.4 Å². The van der Waals surface area contributed by atoms with Crippen molar-refractivity contribution in [2.45, 2.75) is 58.5 Å². The van der Waals surface area contributed by atoms with Gasteiger partial charge in [-0.05, 0) is 38.0 Å². The Morgan fingerprint density at radius 1 is 1.28 bits per heavy atom. The Morgan fingerprint density at radius 3 is 2.78 bits per heavy atom. The minimum Gasteiger partial charge on any atom is -0.474 e. The standard InChI is InChI=1S/C14H23N3O/c1-3-10-7-5-6-8-12(10)18-14-11(4-2)13(15)16-9-17-14/h9-10,12H,3-8H2,1-2H3,(H2,15,16,17). The summed E-state index contributed by atoms with van der Waals surface area (Å²) in [5, 5.41) is 0. The molecule has 0 amide bonds. The van der Waals surface area contributed by atoms with Crippen LogP contribution in [-0.4, -0.2) is 16.1 Å². The topological polar surface area (TPSA) is 61.0 Å². The van der Waals surface area contributed by atoms with E-state index in [1.54, 1.807) is 0 Å². The molecule has 0 spiro atoms. The SMILES string of the molecule is CCc1c(N)ncnc1OC1CCCCC1CC. The quantitative estimate of drug-likeness (QED) is 0.891. The molecular weight excluding hydrogens is 226 g/mol. The number of nitrogens with two attached hydrogens (primary N) is 1. The molecule has 100 valence electrons. The van der Waals surface area contributed by atoms with E-state index >= 15 is 0 Å². The van der Waals surface area contributed by atoms with Crippen LogP contribution in [0, 0.1) is 5.92 Å². The van der Waals surface area contributed by atoms with Crippen molar-refractivity contribution in [2.24, 2.45) is 5.92 Å². The lowest BCUT2D eigenvalue weighted by atomic mass is 9.85. The van der Waals surface area contributed by atoms with E-state index in [9.17, 15) is 0 Å². The zero-order chi connectivity index (χ0) is 13.0. The van der Waals surface area contributed by atoms with Gasteiger partial charge < -0.3 is 10.5 Å². The number of hydrogen-bond acceptors (Lipinski definition) is 4. The van der Waals surface area contributed by atoms with Gasteiger partial charge in [-0.25, -0.2) is 9.97 Å². The molecule has 4 heteroatoms. The van der Waals surface area contributed by atoms with Crippen molar-refractivity contribution in [3.05, 3.63) is 11.9 Å². The van der Waals surface area contributed by atoms with Crippen LogP contribution >= 0.6 is 0 Å². The second-order valence-electron chi connectivity index (χ2n) is 5.01. The van der Waals surface area contributed by atoms with Gasteiger partial charge in [0, 0.05) is 0 Å². The molecule has 1 aliphatic rings. The molecule has 1 heterocycles. The first-order valence-corrected chi connectivity index (χ1v) is 7.02. The summed E-state index contributed by atoms with van der Waals surface area (Å²) < 4.78 is 6.13. The Labute approximate surface area is 109 Å². The van der Waals surface area contributed by atoms with Gasteiger partial charge in [-0.1, -0.05) is 20.3 Å². The second-order valence-corrected chi connectivity index (χ2v) is 5.01. The predicted octanol–water partition coefficient (Wildman–Crippen LogP) is 2.97. The number of nitrogen functional groups attached to an aromatic ring is 1. The fourth-order valence-corrected chi connectivity index (χ4v) is 2.78. The largest absolute Gasteiger partial charge is 0.474 e. The van der Waals surface area contributed by atoms with Gasteiger partial charge in [0.05, 0.1) is 5.56 Å². The maximum atomic E-state index is 6.13. The summed E-state index contributed by atoms with van der Waals surface area (Å²) in [7, 11) is 0. The second kappa shape index (κ2) is 6.03. The molecule has 18 heavy (non-hydrogen) atoms. The zero-order valence-corrected chi connectivity index (χ0v) is 11.4. The van der Waals surface area contributed by atoms with Crippen molar-refractivity contribution in [2.75, 3.05) is 5.73 Å². The lowest BCUT2D eigenvalue weighted by Gasteiger charge is -2.31. The van der Waals surface area contributed by atoms with Crippen LogP contribution in [0.2, 0.25) is 0 Å². The minimum atomic E-state index is 0.295. The van der Waals surface area contributed by atoms with Crippen molar-refractivity contribution in [1.82, 2.24) is 9.97 Å². The van der Waals surface area contributed by atoms with Crippen LogP contribution in [0.5, 0.6) is 5.88 Å². The molecule has 1 saturated carbocycles. The number of hydrogen-bond donors (Lipinski definition) is 1. The molecule has 0 bridgehead atoms. The maximum Gasteiger partial charge on any atom is 0.222 e. The van der Waals surface area contributed by atoms with Gasteiger partial charge in [0.1, 0.15) is 18.2 Å². The Bertz CT molecular complexity index is 395. The molecule has 4 nitrogen and oxygen atoms in total. The first-order valence-electron chi connectivity index (χ1n) is 7.02. The molecule has 1 fully saturated rings. The molecule has 0 saturated heterocycles. The summed E-state index contributed by atoms with van der Waals surface area (Å²) in [6.07, 6.45) is 8.75. The first-order chi connectivity index (χ1) is 8.76. The highest BCUT2D eigenvalue weighted by Crippen LogP contribution is 2.31. The third-order valence-corrected chi connectivity index (χ3v) is 3.92. The molecule has 0 radical (unpaired) electrons. The predicted molar refractivity (Wildman–Crippen MR) is 72.5 cm³/mol. The van der Waals surface area contributed by atoms with Gasteiger partial charge in [-0.15, -0.1) is 0 Å². The summed E-state index contributed by atoms with van der Waals surface area (Å²) in [5.41, 5.74) is 6.82. The van der Waals surface area contributed by atoms with Gasteiger partial charge in [-0.2, -0.15) is 0 Å². The van der Waals surface area contributed by atoms with Crippen molar-refractivity contribution in [3.8, 4) is 5.88 Å². The average molecular weight is 249 g/mol. The van der Waals surface area contributed by atoms with Crippen molar-refractivity contribution in [1.29, 1.82) is 0 Å². The Kier molecular flexibility index (Phi) is 4.39. The Morgan fingerprint density at radius 2 is 2.06 bits per heavy atom. The lowest BCUT2D eigenvalue weighted by Crippen LogP contribution is -2.30. The highest BCUT2D eigenvalue weighted by atomic mass is 16.5. The number of nitrogens with zero attached hydrogens (tertiary/aromatic N) is 2. The van der Waals surface area contributed by atoms with Crippen molar-refractivity contribution < 1.29 is 4.74 Å². The minimum absolute atomic E-state index is 0.295. The van der Waals surface area contributed by atoms with Gasteiger partial charge in [0.25, 0.3) is 0 Å². The van der Waals surface area contributed by atoms with Gasteiger partial charge in [0.15, 0.2) is 0 Å². The van der Waals surface area contributed by atoms with Crippen LogP contribution < -0.4 is 10.5 Å². The molecule has 2 rings (SSSR count). The summed E-state index contributed by atoms with van der Waals surface area (Å²) in [5.74, 6) is 1.89. The molecular formula is C14H23N3O. The van der Waals surface area contributed by atoms with E-state index in [1.165, 1.54) is 32.0 Å². The van der Waals surface area contributed by atoms with Crippen LogP contribution in [0.4, 0.5) is 5.82 Å². The van der Waals surface area contributed by atoms with Crippen LogP contribution in [0.25, 0.3) is 0 Å². The highest BCUT2D eigenvalue weighted by Gasteiger charge is 2.26. The molecule has 1 aliphatic carbocycles. The fourth-order valence-electron chi connectivity index (χ4n) is 2.78. The smallest absolute Gasteiger partial charge is 0.222 e. The molecule has 2 unspecified atom stereocenters. The molecule has 1 aromatic heterocycles. The van der Waals surface area contributed by atoms with E-state index in [-0.39, 0.29) is 0 Å². The third kappa shape index (κ3) is 2.74. The van der Waals surface area contributed by atoms with Gasteiger partial charge >= 0.3 is 0 Å². The number of ether oxygens (including phenoxy) is 1. The summed E-state index contributed by atoms with van der Waals surface area (Å²) in [4.78, 5) is 8.29. The maximum absolute atomic E-state index is 6.13. The molecule has 2 N–H and O–H groups in total. The van der Waals surface area contributed by atoms with Gasteiger partial charge in [-0.3, -0.25) is 0 Å². The summed E-state index contributed by atoms with van der Waals surface area (Å²) >= 11 is 0. The molecule has 0 aliphatic heterocycles. The van der Waals surface area contributed by atoms with E-state index < -0.39 is 0 Å². The van der Waals surface area contributed by atoms with E-state index in [2.05, 4.69) is 23.8 Å². The molecule has 1 aromatic rings. The van der Waals surface area contributed by atoms with Crippen LogP contribution in [0.15, 0.2) is 6.33 Å². The Hall–Kier alpha value is -1.32. The van der Waals surface area contributed by atoms with E-state index in [4.69, 9.17) is 10.5 Å². The first kappa shape index (κ1) is 13.1. The number of aromatic nitrogens is 2. The lowest BCUT2D eigenvalue weighted by molar-refractivity contribution is 0.0848. The van der Waals surface area contributed by atoms with E-state index in [1.807, 2.05) is 0 Å². The van der Waals surface area contributed by atoms with Crippen molar-refractivity contribution in [3.63, 3.8) is 0 Å². The molecule has 2 atom stereocenters. The summed E-state index contributed by atoms with van der Waals surface area (Å²) in [6.45, 7) is 4.29. The molecule has 0 aromatic carbocycles. The summed E-state index contributed by atoms with van der Waals surface area (Å²) in [6, 6.07) is 0. The van der Waals surface area contributed by atoms with Gasteiger partial charge in [0.2, 0.25) is 5.88 Å². The van der Waals surface area contributed by atoms with Crippen LogP contribution in [0.3, 0.4) is 0 Å². The highest BCUT2D eigenvalue weighted by molar-refractivity contribution is 5.44. The zero-order valence-electron chi connectivity index (χ0n) is 11.4. The third-order valence-electron chi connectivity index (χ3n) is 3.92. The number of rotatable bonds is 4. The van der Waals surface area contributed by atoms with Crippen LogP contribution in [-0.2, 0) is 6.42 Å². The van der Waals surface area contributed by atoms with Crippen molar-refractivity contribution >= 4 is 5.82 Å². The fraction of sp³-hybridized carbons (Fsp3) is 0.714. The monoisotopic (exact) mass is 249 g/mol.